The van der Waals surface area contributed by atoms with Crippen LogP contribution in [0.1, 0.15) is 163 Å². The number of esters is 1. The maximum atomic E-state index is 13.7. The molecule has 0 spiro atoms. The number of Topliss-reactive ketones (excluding diaryl/α,β-unsaturated/α-hetero) is 6. The van der Waals surface area contributed by atoms with Crippen LogP contribution in [0.2, 0.25) is 0 Å². The quantitative estimate of drug-likeness (QED) is 0.0108. The number of benzene rings is 1. The maximum Gasteiger partial charge on any atom is 0.407 e. The number of carbonyl (C=O) groups excluding carboxylic acids is 17. The minimum absolute atomic E-state index is 0.0225. The van der Waals surface area contributed by atoms with E-state index < -0.39 is 109 Å². The molecule has 47 heteroatoms. The molecule has 1 unspecified atom stereocenters. The molecule has 1 saturated heterocycles. The average molecular weight is 2100 g/mol. The van der Waals surface area contributed by atoms with Gasteiger partial charge in [-0.2, -0.15) is 0 Å². The smallest absolute Gasteiger partial charge is 0.407 e. The van der Waals surface area contributed by atoms with Crippen LogP contribution in [0.3, 0.4) is 0 Å². The SMILES string of the molecule is C=C1C[C@H]2C=Nc3cc(OCCCC(=O)Nc4cc(C(=O)Cc5cc(C(=O)Nc6cc(C(=O)NCCCOC(=O)[C@H](C)NC(=O)CCNC(=O)OCC(CC(=O)CNC(=O)CCC(=O)CNC(=O)CCC(=O)CCOCCOCCCC(=O)CCN7C(=O)C=CC7=O)C(=O)CCCOCCOCCOCCOCCOCCOCCOCCOCCOCCOCCOCCOC)n(C)c6)n(C)c5)n(C)c4)c(C)cc3C(=O)N2C1. The largest absolute Gasteiger partial charge is 0.493 e. The van der Waals surface area contributed by atoms with Gasteiger partial charge in [0.2, 0.25) is 23.6 Å². The van der Waals surface area contributed by atoms with E-state index in [0.717, 1.165) is 28.2 Å². The second-order valence-electron chi connectivity index (χ2n) is 35.0. The molecule has 0 saturated carbocycles. The van der Waals surface area contributed by atoms with Gasteiger partial charge in [-0.25, -0.2) is 9.59 Å². The summed E-state index contributed by atoms with van der Waals surface area (Å²) in [6.45, 7) is 15.9. The number of rotatable bonds is 86. The highest BCUT2D eigenvalue weighted by Gasteiger charge is 2.35. The zero-order valence-electron chi connectivity index (χ0n) is 86.3. The van der Waals surface area contributed by atoms with Crippen molar-refractivity contribution in [1.82, 2.24) is 50.1 Å². The van der Waals surface area contributed by atoms with Gasteiger partial charge in [-0.05, 0) is 81.3 Å². The predicted molar refractivity (Wildman–Crippen MR) is 537 cm³/mol. The Morgan fingerprint density at radius 3 is 1.52 bits per heavy atom. The van der Waals surface area contributed by atoms with E-state index in [9.17, 15) is 81.5 Å². The lowest BCUT2D eigenvalue weighted by Gasteiger charge is -2.20. The van der Waals surface area contributed by atoms with Gasteiger partial charge in [-0.15, -0.1) is 0 Å². The lowest BCUT2D eigenvalue weighted by atomic mass is 9.95. The van der Waals surface area contributed by atoms with E-state index >= 15 is 0 Å². The van der Waals surface area contributed by atoms with E-state index in [0.29, 0.717) is 191 Å². The molecule has 0 radical (unpaired) electrons. The second kappa shape index (κ2) is 72.1. The highest BCUT2D eigenvalue weighted by Crippen LogP contribution is 2.35. The highest BCUT2D eigenvalue weighted by molar-refractivity contribution is 6.13. The fourth-order valence-corrected chi connectivity index (χ4v) is 14.8. The molecular weight excluding hydrogens is 1950 g/mol. The maximum absolute atomic E-state index is 13.7. The molecule has 3 aliphatic rings. The summed E-state index contributed by atoms with van der Waals surface area (Å²) in [7, 11) is 6.57. The van der Waals surface area contributed by atoms with Crippen molar-refractivity contribution in [2.45, 2.75) is 135 Å². The summed E-state index contributed by atoms with van der Waals surface area (Å²) in [6, 6.07) is 6.90. The second-order valence-corrected chi connectivity index (χ2v) is 35.0. The molecule has 0 aliphatic carbocycles. The minimum atomic E-state index is -1.18. The van der Waals surface area contributed by atoms with Gasteiger partial charge in [0.1, 0.15) is 47.1 Å². The molecule has 10 amide bonds. The number of aromatic nitrogens is 3. The van der Waals surface area contributed by atoms with Gasteiger partial charge in [0.25, 0.3) is 29.5 Å². The Bertz CT molecular complexity index is 5030. The van der Waals surface area contributed by atoms with Crippen LogP contribution in [0.15, 0.2) is 78.2 Å². The molecule has 3 aliphatic heterocycles. The number of imide groups is 1. The van der Waals surface area contributed by atoms with E-state index in [2.05, 4.69) is 48.8 Å². The lowest BCUT2D eigenvalue weighted by Crippen LogP contribution is -2.41. The third kappa shape index (κ3) is 50.7. The number of aryl methyl sites for hydroxylation is 4. The Balaban J connectivity index is 0.723. The van der Waals surface area contributed by atoms with Crippen LogP contribution in [0.4, 0.5) is 21.9 Å². The van der Waals surface area contributed by atoms with Crippen LogP contribution >= 0.6 is 0 Å². The van der Waals surface area contributed by atoms with Crippen LogP contribution < -0.4 is 42.0 Å². The first kappa shape index (κ1) is 124. The number of nitrogens with one attached hydrogen (secondary N) is 7. The van der Waals surface area contributed by atoms with E-state index in [1.165, 1.54) is 17.6 Å². The summed E-state index contributed by atoms with van der Waals surface area (Å²) < 4.78 is 97.8. The molecule has 1 fully saturated rings. The number of alkyl carbamates (subject to hydrolysis) is 1. The Kier molecular flexibility index (Phi) is 59.8. The van der Waals surface area contributed by atoms with Gasteiger partial charge in [0, 0.05) is 188 Å². The standard InChI is InChI=1S/C102H147N13O34/c1-72-56-79-64-105-85-63-91(73(2)57-84(85)100(130)115(79)67-72)147-29-10-14-94(124)109-77-61-86(112(5)69-77)90(121)59-75-58-87(111(4)68-75)99(129)110-78-62-88(113(6)70-78)98(128)103-24-11-30-148-101(131)74(3)108-95(125)21-25-104-102(132)149-71-76(60-83(119)66-107-93(123)18-16-82(118)65-106-92(122)17-15-81(117)23-31-136-36-34-134-27-8-12-80(116)22-26-114-96(126)19-20-97(114)127)89(120)13-9-28-135-35-37-138-40-41-140-44-45-142-48-49-144-52-53-146-55-54-145-51-50-143-47-46-141-43-42-139-39-38-137-33-32-133-7/h19-20,57-58,61-64,68-70,74,76,79H,1,8-18,21-56,59-60,65-67,71H2,2-7H3,(H,103,128)(H,104,132)(H,106,122)(H,107,123)(H,108,125)(H,109,124)(H,110,129)/t74-,76?,79-/m0/s1. The number of hydrogen-bond donors (Lipinski definition) is 7. The van der Waals surface area contributed by atoms with Crippen molar-refractivity contribution in [2.75, 3.05) is 255 Å². The van der Waals surface area contributed by atoms with Crippen molar-refractivity contribution in [3.63, 3.8) is 0 Å². The van der Waals surface area contributed by atoms with Gasteiger partial charge in [-0.1, -0.05) is 12.2 Å². The topological polar surface area (TPSA) is 565 Å². The Hall–Kier alpha value is -12.4. The summed E-state index contributed by atoms with van der Waals surface area (Å²) in [5.41, 5.74) is 4.79. The number of aliphatic imine (C=N–C) groups is 1. The van der Waals surface area contributed by atoms with Crippen LogP contribution in [-0.4, -0.2) is 386 Å². The number of fused-ring (bicyclic) bond motifs is 2. The number of ether oxygens (including phenoxy) is 17. The van der Waals surface area contributed by atoms with Crippen molar-refractivity contribution in [3.05, 3.63) is 107 Å². The zero-order chi connectivity index (χ0) is 108. The monoisotopic (exact) mass is 2100 g/mol. The highest BCUT2D eigenvalue weighted by atomic mass is 16.6. The Labute approximate surface area is 866 Å². The number of anilines is 2. The van der Waals surface area contributed by atoms with Crippen LogP contribution in [0.25, 0.3) is 0 Å². The number of amides is 10. The minimum Gasteiger partial charge on any atom is -0.493 e. The van der Waals surface area contributed by atoms with Crippen molar-refractivity contribution >= 4 is 123 Å². The summed E-state index contributed by atoms with van der Waals surface area (Å²) in [5, 5.41) is 18.1. The molecule has 47 nitrogen and oxygen atoms in total. The Morgan fingerprint density at radius 1 is 0.450 bits per heavy atom. The number of carbonyl (C=O) groups is 17. The molecule has 149 heavy (non-hydrogen) atoms. The molecule has 1 aromatic carbocycles. The van der Waals surface area contributed by atoms with Gasteiger partial charge in [0.15, 0.2) is 17.3 Å². The normalized spacial score (nSPS) is 13.5. The third-order valence-corrected chi connectivity index (χ3v) is 22.8. The van der Waals surface area contributed by atoms with Crippen LogP contribution in [-0.2, 0) is 161 Å². The zero-order valence-corrected chi connectivity index (χ0v) is 86.3. The number of ketones is 6. The van der Waals surface area contributed by atoms with E-state index in [1.807, 2.05) is 6.92 Å². The molecular formula is C102H147N13O34. The molecule has 4 aromatic rings. The molecule has 7 rings (SSSR count). The first-order valence-corrected chi connectivity index (χ1v) is 50.2. The van der Waals surface area contributed by atoms with Crippen molar-refractivity contribution in [2.24, 2.45) is 32.1 Å². The number of nitrogens with zero attached hydrogens (tertiary/aromatic N) is 6. The van der Waals surface area contributed by atoms with E-state index in [-0.39, 0.29) is 216 Å². The summed E-state index contributed by atoms with van der Waals surface area (Å²) in [5.74, 6) is -7.86. The number of methoxy groups -OCH3 is 1. The first-order chi connectivity index (χ1) is 71.9. The van der Waals surface area contributed by atoms with Crippen molar-refractivity contribution in [1.29, 1.82) is 0 Å². The van der Waals surface area contributed by atoms with Gasteiger partial charge < -0.3 is 136 Å². The molecule has 3 aromatic heterocycles. The lowest BCUT2D eigenvalue weighted by molar-refractivity contribution is -0.147. The molecule has 7 N–H and O–H groups in total. The number of hydrogen-bond acceptors (Lipinski definition) is 35. The van der Waals surface area contributed by atoms with Crippen LogP contribution in [0.5, 0.6) is 5.75 Å². The average Bonchev–Trinajstić information content (AvgIpc) is 1.65. The molecule has 3 atom stereocenters. The molecule has 824 valence electrons. The molecule has 6 heterocycles. The fourth-order valence-electron chi connectivity index (χ4n) is 14.8. The van der Waals surface area contributed by atoms with Gasteiger partial charge in [0.05, 0.1) is 232 Å². The summed E-state index contributed by atoms with van der Waals surface area (Å²) in [6.07, 6.45) is 8.23. The summed E-state index contributed by atoms with van der Waals surface area (Å²) in [4.78, 5) is 226. The van der Waals surface area contributed by atoms with E-state index in [1.54, 1.807) is 91.4 Å². The molecule has 0 bridgehead atoms. The van der Waals surface area contributed by atoms with Crippen molar-refractivity contribution in [3.8, 4) is 5.75 Å². The van der Waals surface area contributed by atoms with Crippen LogP contribution in [0, 0.1) is 12.8 Å². The Morgan fingerprint density at radius 2 is 0.946 bits per heavy atom. The third-order valence-electron chi connectivity index (χ3n) is 22.8. The first-order valence-electron chi connectivity index (χ1n) is 50.2. The van der Waals surface area contributed by atoms with Gasteiger partial charge in [-0.3, -0.25) is 81.8 Å². The van der Waals surface area contributed by atoms with E-state index in [4.69, 9.17) is 80.5 Å². The van der Waals surface area contributed by atoms with Crippen molar-refractivity contribution < 1.29 is 162 Å². The summed E-state index contributed by atoms with van der Waals surface area (Å²) >= 11 is 0. The fraction of sp³-hybridized carbons (Fsp3) is 0.608. The predicted octanol–water partition coefficient (Wildman–Crippen LogP) is 4.03. The van der Waals surface area contributed by atoms with Gasteiger partial charge >= 0.3 is 12.1 Å².